The topological polar surface area (TPSA) is 60.5 Å². The average molecular weight is 320 g/mol. The van der Waals surface area contributed by atoms with Crippen molar-refractivity contribution in [2.24, 2.45) is 5.92 Å². The van der Waals surface area contributed by atoms with Crippen molar-refractivity contribution in [3.63, 3.8) is 0 Å². The van der Waals surface area contributed by atoms with Crippen molar-refractivity contribution in [2.45, 2.75) is 59.0 Å². The lowest BCUT2D eigenvalue weighted by atomic mass is 9.98. The summed E-state index contributed by atoms with van der Waals surface area (Å²) in [4.78, 5) is 17.1. The molecule has 0 saturated heterocycles. The van der Waals surface area contributed by atoms with Crippen LogP contribution in [-0.4, -0.2) is 29.7 Å². The Bertz CT molecular complexity index is 543. The fraction of sp³-hybridized carbons (Fsp3) is 0.667. The van der Waals surface area contributed by atoms with Crippen LogP contribution in [-0.2, 0) is 9.53 Å². The van der Waals surface area contributed by atoms with Crippen LogP contribution in [0.1, 0.15) is 52.1 Å². The van der Waals surface area contributed by atoms with Crippen LogP contribution < -0.4 is 10.1 Å². The maximum atomic E-state index is 12.7. The summed E-state index contributed by atoms with van der Waals surface area (Å²) in [5.41, 5.74) is 0.712. The quantitative estimate of drug-likeness (QED) is 0.705. The van der Waals surface area contributed by atoms with Crippen LogP contribution in [0.4, 0.5) is 5.69 Å². The number of hydrogen-bond acceptors (Lipinski definition) is 4. The van der Waals surface area contributed by atoms with E-state index in [0.717, 1.165) is 31.4 Å². The molecule has 0 spiro atoms. The lowest BCUT2D eigenvalue weighted by molar-refractivity contribution is -0.141. The van der Waals surface area contributed by atoms with Crippen LogP contribution in [0.3, 0.4) is 0 Å². The first kappa shape index (κ1) is 17.7. The molecule has 0 aliphatic heterocycles. The van der Waals surface area contributed by atoms with Gasteiger partial charge in [0.25, 0.3) is 5.91 Å². The second kappa shape index (κ2) is 7.77. The van der Waals surface area contributed by atoms with Gasteiger partial charge in [0, 0.05) is 12.7 Å². The van der Waals surface area contributed by atoms with Crippen LogP contribution in [0.2, 0.25) is 0 Å². The number of nitrogens with one attached hydrogen (secondary N) is 1. The van der Waals surface area contributed by atoms with E-state index in [1.807, 2.05) is 26.8 Å². The molecule has 1 heterocycles. The molecule has 0 bridgehead atoms. The van der Waals surface area contributed by atoms with Crippen molar-refractivity contribution in [3.8, 4) is 5.88 Å². The van der Waals surface area contributed by atoms with Gasteiger partial charge in [-0.2, -0.15) is 0 Å². The largest absolute Gasteiger partial charge is 0.478 e. The van der Waals surface area contributed by atoms with Crippen LogP contribution in [0.15, 0.2) is 12.1 Å². The molecule has 0 radical (unpaired) electrons. The number of ether oxygens (including phenoxy) is 2. The molecule has 1 aliphatic rings. The molecule has 128 valence electrons. The predicted molar refractivity (Wildman–Crippen MR) is 90.8 cm³/mol. The van der Waals surface area contributed by atoms with Gasteiger partial charge in [0.1, 0.15) is 5.60 Å². The second-order valence-corrected chi connectivity index (χ2v) is 6.25. The van der Waals surface area contributed by atoms with E-state index >= 15 is 0 Å². The Labute approximate surface area is 138 Å². The Morgan fingerprint density at radius 1 is 1.39 bits per heavy atom. The van der Waals surface area contributed by atoms with Crippen molar-refractivity contribution in [2.75, 3.05) is 18.5 Å². The standard InChI is InChI=1S/C18H28N2O3/c1-5-7-12-22-16-11-10-15(13(3)19-16)20-17(21)18(4,23-6-2)14-8-9-14/h10-11,14H,5-9,12H2,1-4H3,(H,20,21)/t18-/m0/s1. The number of carbonyl (C=O) groups excluding carboxylic acids is 1. The lowest BCUT2D eigenvalue weighted by Gasteiger charge is -2.28. The number of amides is 1. The fourth-order valence-corrected chi connectivity index (χ4v) is 2.62. The molecular weight excluding hydrogens is 292 g/mol. The third kappa shape index (κ3) is 4.44. The summed E-state index contributed by atoms with van der Waals surface area (Å²) in [6.45, 7) is 8.99. The van der Waals surface area contributed by atoms with Crippen molar-refractivity contribution >= 4 is 11.6 Å². The first-order valence-electron chi connectivity index (χ1n) is 8.57. The number of aryl methyl sites for hydroxylation is 1. The average Bonchev–Trinajstić information content (AvgIpc) is 3.35. The molecule has 0 unspecified atom stereocenters. The monoisotopic (exact) mass is 320 g/mol. The van der Waals surface area contributed by atoms with Crippen LogP contribution in [0.25, 0.3) is 0 Å². The number of anilines is 1. The van der Waals surface area contributed by atoms with Crippen molar-refractivity contribution in [1.29, 1.82) is 0 Å². The van der Waals surface area contributed by atoms with Crippen LogP contribution >= 0.6 is 0 Å². The van der Waals surface area contributed by atoms with Crippen LogP contribution in [0, 0.1) is 12.8 Å². The highest BCUT2D eigenvalue weighted by molar-refractivity contribution is 5.98. The third-order valence-electron chi connectivity index (χ3n) is 4.31. The molecular formula is C18H28N2O3. The number of hydrogen-bond donors (Lipinski definition) is 1. The molecule has 5 heteroatoms. The summed E-state index contributed by atoms with van der Waals surface area (Å²) in [7, 11) is 0. The van der Waals surface area contributed by atoms with Crippen molar-refractivity contribution in [3.05, 3.63) is 17.8 Å². The number of aromatic nitrogens is 1. The molecule has 0 aromatic carbocycles. The number of nitrogens with zero attached hydrogens (tertiary/aromatic N) is 1. The summed E-state index contributed by atoms with van der Waals surface area (Å²) < 4.78 is 11.4. The Kier molecular flexibility index (Phi) is 5.99. The van der Waals surface area contributed by atoms with Gasteiger partial charge in [-0.25, -0.2) is 4.98 Å². The summed E-state index contributed by atoms with van der Waals surface area (Å²) in [6.07, 6.45) is 4.19. The maximum Gasteiger partial charge on any atom is 0.256 e. The Morgan fingerprint density at radius 3 is 2.70 bits per heavy atom. The van der Waals surface area contributed by atoms with Gasteiger partial charge in [-0.1, -0.05) is 13.3 Å². The number of pyridine rings is 1. The molecule has 23 heavy (non-hydrogen) atoms. The minimum Gasteiger partial charge on any atom is -0.478 e. The highest BCUT2D eigenvalue weighted by Crippen LogP contribution is 2.42. The molecule has 5 nitrogen and oxygen atoms in total. The van der Waals surface area contributed by atoms with E-state index in [1.54, 1.807) is 6.07 Å². The Balaban J connectivity index is 2.02. The van der Waals surface area contributed by atoms with Gasteiger partial charge in [-0.05, 0) is 52.0 Å². The minimum atomic E-state index is -0.752. The fourth-order valence-electron chi connectivity index (χ4n) is 2.62. The molecule has 1 N–H and O–H groups in total. The molecule has 1 fully saturated rings. The molecule has 1 saturated carbocycles. The highest BCUT2D eigenvalue weighted by atomic mass is 16.5. The number of unbranched alkanes of at least 4 members (excludes halogenated alkanes) is 1. The molecule has 2 rings (SSSR count). The van der Waals surface area contributed by atoms with Gasteiger partial charge < -0.3 is 14.8 Å². The van der Waals surface area contributed by atoms with E-state index in [-0.39, 0.29) is 5.91 Å². The minimum absolute atomic E-state index is 0.0913. The van der Waals surface area contributed by atoms with E-state index in [4.69, 9.17) is 9.47 Å². The smallest absolute Gasteiger partial charge is 0.256 e. The van der Waals surface area contributed by atoms with E-state index in [2.05, 4.69) is 17.2 Å². The summed E-state index contributed by atoms with van der Waals surface area (Å²) in [6, 6.07) is 3.65. The Hall–Kier alpha value is -1.62. The Morgan fingerprint density at radius 2 is 2.13 bits per heavy atom. The normalized spacial score (nSPS) is 16.7. The first-order chi connectivity index (χ1) is 11.0. The van der Waals surface area contributed by atoms with E-state index in [9.17, 15) is 4.79 Å². The number of rotatable bonds is 9. The summed E-state index contributed by atoms with van der Waals surface area (Å²) >= 11 is 0. The van der Waals surface area contributed by atoms with E-state index in [0.29, 0.717) is 30.7 Å². The number of carbonyl (C=O) groups is 1. The zero-order valence-corrected chi connectivity index (χ0v) is 14.6. The lowest BCUT2D eigenvalue weighted by Crippen LogP contribution is -2.45. The third-order valence-corrected chi connectivity index (χ3v) is 4.31. The first-order valence-corrected chi connectivity index (χ1v) is 8.57. The van der Waals surface area contributed by atoms with Gasteiger partial charge in [0.2, 0.25) is 5.88 Å². The molecule has 1 aromatic heterocycles. The maximum absolute atomic E-state index is 12.7. The predicted octanol–water partition coefficient (Wildman–Crippen LogP) is 3.71. The summed E-state index contributed by atoms with van der Waals surface area (Å²) in [5.74, 6) is 0.822. The van der Waals surface area contributed by atoms with Crippen molar-refractivity contribution in [1.82, 2.24) is 4.98 Å². The van der Waals surface area contributed by atoms with Gasteiger partial charge >= 0.3 is 0 Å². The van der Waals surface area contributed by atoms with Gasteiger partial charge in [-0.15, -0.1) is 0 Å². The SMILES string of the molecule is CCCCOc1ccc(NC(=O)[C@@](C)(OCC)C2CC2)c(C)n1. The zero-order valence-electron chi connectivity index (χ0n) is 14.6. The van der Waals surface area contributed by atoms with Gasteiger partial charge in [-0.3, -0.25) is 4.79 Å². The second-order valence-electron chi connectivity index (χ2n) is 6.25. The summed E-state index contributed by atoms with van der Waals surface area (Å²) in [5, 5.41) is 2.97. The van der Waals surface area contributed by atoms with Crippen molar-refractivity contribution < 1.29 is 14.3 Å². The van der Waals surface area contributed by atoms with E-state index < -0.39 is 5.60 Å². The zero-order chi connectivity index (χ0) is 16.9. The molecule has 1 aliphatic carbocycles. The molecule has 1 aromatic rings. The van der Waals surface area contributed by atoms with E-state index in [1.165, 1.54) is 0 Å². The molecule has 1 atom stereocenters. The van der Waals surface area contributed by atoms with Gasteiger partial charge in [0.05, 0.1) is 18.0 Å². The molecule has 1 amide bonds. The van der Waals surface area contributed by atoms with Crippen LogP contribution in [0.5, 0.6) is 5.88 Å². The van der Waals surface area contributed by atoms with Gasteiger partial charge in [0.15, 0.2) is 0 Å². The highest BCUT2D eigenvalue weighted by Gasteiger charge is 2.48.